The highest BCUT2D eigenvalue weighted by molar-refractivity contribution is 9.10. The molecule has 0 unspecified atom stereocenters. The second-order valence-electron chi connectivity index (χ2n) is 4.13. The molecule has 5 nitrogen and oxygen atoms in total. The van der Waals surface area contributed by atoms with E-state index in [0.717, 1.165) is 15.0 Å². The highest BCUT2D eigenvalue weighted by Crippen LogP contribution is 2.41. The zero-order chi connectivity index (χ0) is 14.3. The molecule has 3 N–H and O–H groups in total. The number of H-pyrrole nitrogens is 1. The van der Waals surface area contributed by atoms with E-state index in [9.17, 15) is 4.79 Å². The summed E-state index contributed by atoms with van der Waals surface area (Å²) in [6.07, 6.45) is 1.39. The predicted molar refractivity (Wildman–Crippen MR) is 85.4 cm³/mol. The van der Waals surface area contributed by atoms with Gasteiger partial charge < -0.3 is 15.3 Å². The van der Waals surface area contributed by atoms with Crippen molar-refractivity contribution < 1.29 is 0 Å². The Labute approximate surface area is 131 Å². The molecule has 0 saturated carbocycles. The van der Waals surface area contributed by atoms with Gasteiger partial charge in [0.1, 0.15) is 11.0 Å². The lowest BCUT2D eigenvalue weighted by Crippen LogP contribution is -2.16. The summed E-state index contributed by atoms with van der Waals surface area (Å²) in [7, 11) is 0. The van der Waals surface area contributed by atoms with E-state index in [0.29, 0.717) is 29.1 Å². The number of fused-ring (bicyclic) bond motifs is 1. The smallest absolute Gasteiger partial charge is 0.275 e. The molecule has 0 atom stereocenters. The van der Waals surface area contributed by atoms with Crippen LogP contribution in [0.2, 0.25) is 5.02 Å². The van der Waals surface area contributed by atoms with Crippen LogP contribution in [0.4, 0.5) is 0 Å². The van der Waals surface area contributed by atoms with Crippen LogP contribution in [0.5, 0.6) is 0 Å². The number of hydrogen-bond acceptors (Lipinski definition) is 4. The third-order valence-electron chi connectivity index (χ3n) is 2.97. The summed E-state index contributed by atoms with van der Waals surface area (Å²) in [5.74, 6) is 0. The topological polar surface area (TPSA) is 76.7 Å². The predicted octanol–water partition coefficient (Wildman–Crippen LogP) is 2.83. The Hall–Kier alpha value is -1.15. The van der Waals surface area contributed by atoms with Crippen molar-refractivity contribution in [3.63, 3.8) is 0 Å². The largest absolute Gasteiger partial charge is 0.332 e. The van der Waals surface area contributed by atoms with E-state index in [4.69, 9.17) is 17.3 Å². The first-order valence-corrected chi connectivity index (χ1v) is 7.89. The molecule has 0 aliphatic rings. The number of halogens is 2. The number of nitrogens with one attached hydrogen (secondary N) is 1. The van der Waals surface area contributed by atoms with Gasteiger partial charge >= 0.3 is 0 Å². The van der Waals surface area contributed by atoms with Gasteiger partial charge in [-0.3, -0.25) is 4.79 Å². The molecule has 20 heavy (non-hydrogen) atoms. The van der Waals surface area contributed by atoms with Crippen molar-refractivity contribution in [2.24, 2.45) is 5.73 Å². The van der Waals surface area contributed by atoms with Gasteiger partial charge in [0.05, 0.1) is 26.4 Å². The quantitative estimate of drug-likeness (QED) is 0.741. The Morgan fingerprint density at radius 2 is 2.35 bits per heavy atom. The Bertz CT molecular complexity index is 838. The van der Waals surface area contributed by atoms with Crippen LogP contribution in [0.1, 0.15) is 0 Å². The maximum atomic E-state index is 12.1. The van der Waals surface area contributed by atoms with Crippen LogP contribution in [-0.2, 0) is 6.54 Å². The van der Waals surface area contributed by atoms with Crippen molar-refractivity contribution in [3.05, 3.63) is 37.6 Å². The number of thiophene rings is 1. The summed E-state index contributed by atoms with van der Waals surface area (Å²) in [6.45, 7) is 0.932. The fourth-order valence-corrected chi connectivity index (χ4v) is 4.22. The molecular formula is C12H10BrClN4OS. The first-order valence-electron chi connectivity index (χ1n) is 5.84. The minimum Gasteiger partial charge on any atom is -0.332 e. The van der Waals surface area contributed by atoms with E-state index in [1.807, 2.05) is 16.0 Å². The molecule has 0 aromatic carbocycles. The molecule has 0 fully saturated rings. The molecule has 104 valence electrons. The lowest BCUT2D eigenvalue weighted by molar-refractivity contribution is 0.738. The average molecular weight is 374 g/mol. The maximum Gasteiger partial charge on any atom is 0.275 e. The van der Waals surface area contributed by atoms with Gasteiger partial charge in [0, 0.05) is 13.1 Å². The van der Waals surface area contributed by atoms with Gasteiger partial charge in [-0.2, -0.15) is 0 Å². The van der Waals surface area contributed by atoms with Gasteiger partial charge in [-0.05, 0) is 27.4 Å². The lowest BCUT2D eigenvalue weighted by atomic mass is 10.3. The molecular weight excluding hydrogens is 364 g/mol. The zero-order valence-electron chi connectivity index (χ0n) is 10.2. The number of aromatic nitrogens is 3. The Morgan fingerprint density at radius 1 is 1.55 bits per heavy atom. The molecule has 0 bridgehead atoms. The highest BCUT2D eigenvalue weighted by atomic mass is 79.9. The van der Waals surface area contributed by atoms with E-state index in [1.165, 1.54) is 17.7 Å². The van der Waals surface area contributed by atoms with Gasteiger partial charge in [-0.15, -0.1) is 11.3 Å². The molecule has 0 aliphatic carbocycles. The van der Waals surface area contributed by atoms with Crippen molar-refractivity contribution in [1.29, 1.82) is 0 Å². The van der Waals surface area contributed by atoms with Gasteiger partial charge in [-0.25, -0.2) is 4.98 Å². The van der Waals surface area contributed by atoms with E-state index in [2.05, 4.69) is 25.9 Å². The minimum absolute atomic E-state index is 0.192. The molecule has 0 radical (unpaired) electrons. The second-order valence-corrected chi connectivity index (χ2v) is 6.25. The van der Waals surface area contributed by atoms with Crippen molar-refractivity contribution >= 4 is 49.9 Å². The first-order chi connectivity index (χ1) is 9.65. The Kier molecular flexibility index (Phi) is 3.68. The van der Waals surface area contributed by atoms with Crippen LogP contribution in [0.3, 0.4) is 0 Å². The van der Waals surface area contributed by atoms with Gasteiger partial charge in [0.25, 0.3) is 5.56 Å². The number of rotatable bonds is 3. The summed E-state index contributed by atoms with van der Waals surface area (Å²) >= 11 is 11.3. The fourth-order valence-electron chi connectivity index (χ4n) is 2.18. The Morgan fingerprint density at radius 3 is 3.00 bits per heavy atom. The molecule has 0 spiro atoms. The third kappa shape index (κ3) is 2.01. The Balaban J connectivity index is 2.45. The van der Waals surface area contributed by atoms with Crippen LogP contribution >= 0.6 is 38.9 Å². The number of hydrogen-bond donors (Lipinski definition) is 2. The third-order valence-corrected chi connectivity index (χ3v) is 5.07. The molecule has 3 aromatic heterocycles. The standard InChI is InChI=1S/C12H10BrClN4OS/c13-7-8-10(12(19)17-5-16-8)18(3-2-15)9(7)11-6(14)1-4-20-11/h1,4-5H,2-3,15H2,(H,16,17,19). The fraction of sp³-hybridized carbons (Fsp3) is 0.167. The normalized spacial score (nSPS) is 11.3. The first kappa shape index (κ1) is 13.8. The summed E-state index contributed by atoms with van der Waals surface area (Å²) in [6, 6.07) is 1.83. The van der Waals surface area contributed by atoms with E-state index in [1.54, 1.807) is 0 Å². The van der Waals surface area contributed by atoms with Gasteiger partial charge in [-0.1, -0.05) is 11.6 Å². The zero-order valence-corrected chi connectivity index (χ0v) is 13.3. The summed E-state index contributed by atoms with van der Waals surface area (Å²) in [4.78, 5) is 19.8. The number of nitrogens with zero attached hydrogens (tertiary/aromatic N) is 2. The van der Waals surface area contributed by atoms with Crippen molar-refractivity contribution in [3.8, 4) is 10.6 Å². The van der Waals surface area contributed by atoms with Crippen LogP contribution in [0.15, 0.2) is 27.0 Å². The SMILES string of the molecule is NCCn1c(-c2sccc2Cl)c(Br)c2nc[nH]c(=O)c21. The number of aromatic amines is 1. The summed E-state index contributed by atoms with van der Waals surface area (Å²) < 4.78 is 2.62. The molecule has 0 saturated heterocycles. The van der Waals surface area contributed by atoms with E-state index >= 15 is 0 Å². The van der Waals surface area contributed by atoms with Crippen LogP contribution in [0, 0.1) is 0 Å². The molecule has 3 aromatic rings. The van der Waals surface area contributed by atoms with Crippen LogP contribution < -0.4 is 11.3 Å². The molecule has 3 rings (SSSR count). The molecule has 3 heterocycles. The van der Waals surface area contributed by atoms with Crippen LogP contribution in [-0.4, -0.2) is 21.1 Å². The lowest BCUT2D eigenvalue weighted by Gasteiger charge is -2.08. The van der Waals surface area contributed by atoms with Crippen molar-refractivity contribution in [1.82, 2.24) is 14.5 Å². The monoisotopic (exact) mass is 372 g/mol. The maximum absolute atomic E-state index is 12.1. The minimum atomic E-state index is -0.192. The van der Waals surface area contributed by atoms with E-state index in [-0.39, 0.29) is 5.56 Å². The van der Waals surface area contributed by atoms with Gasteiger partial charge in [0.2, 0.25) is 0 Å². The van der Waals surface area contributed by atoms with Crippen molar-refractivity contribution in [2.45, 2.75) is 6.54 Å². The average Bonchev–Trinajstić information content (AvgIpc) is 2.94. The number of nitrogens with two attached hydrogens (primary N) is 1. The summed E-state index contributed by atoms with van der Waals surface area (Å²) in [5.41, 5.74) is 7.44. The van der Waals surface area contributed by atoms with Gasteiger partial charge in [0.15, 0.2) is 0 Å². The summed E-state index contributed by atoms with van der Waals surface area (Å²) in [5, 5.41) is 2.56. The highest BCUT2D eigenvalue weighted by Gasteiger charge is 2.22. The van der Waals surface area contributed by atoms with Crippen molar-refractivity contribution in [2.75, 3.05) is 6.54 Å². The van der Waals surface area contributed by atoms with Crippen LogP contribution in [0.25, 0.3) is 21.6 Å². The second kappa shape index (κ2) is 5.33. The molecule has 0 amide bonds. The molecule has 0 aliphatic heterocycles. The van der Waals surface area contributed by atoms with E-state index < -0.39 is 0 Å². The molecule has 8 heteroatoms.